The van der Waals surface area contributed by atoms with Crippen LogP contribution < -0.4 is 0 Å². The highest BCUT2D eigenvalue weighted by Crippen LogP contribution is 2.43. The molecule has 0 aromatic carbocycles. The Hall–Kier alpha value is -3.05. The van der Waals surface area contributed by atoms with E-state index in [0.717, 1.165) is 43.6 Å². The summed E-state index contributed by atoms with van der Waals surface area (Å²) in [5.41, 5.74) is 0. The van der Waals surface area contributed by atoms with E-state index in [-0.39, 0.29) is 31.8 Å². The van der Waals surface area contributed by atoms with E-state index in [1.807, 2.05) is 6.92 Å². The zero-order valence-corrected chi connectivity index (χ0v) is 20.9. The van der Waals surface area contributed by atoms with Crippen molar-refractivity contribution in [2.75, 3.05) is 26.2 Å². The van der Waals surface area contributed by atoms with Gasteiger partial charge in [0.1, 0.15) is 5.78 Å². The fourth-order valence-corrected chi connectivity index (χ4v) is 4.57. The maximum Gasteiger partial charge on any atom is 0.420 e. The highest BCUT2D eigenvalue weighted by molar-refractivity contribution is 5.95. The van der Waals surface area contributed by atoms with Gasteiger partial charge in [-0.2, -0.15) is 0 Å². The lowest BCUT2D eigenvalue weighted by Gasteiger charge is -2.50. The molecule has 11 nitrogen and oxygen atoms in total. The number of unbranched alkanes of at least 4 members (excludes halogenated alkanes) is 3. The number of ketones is 1. The van der Waals surface area contributed by atoms with Crippen LogP contribution in [-0.4, -0.2) is 77.5 Å². The number of hydrogen-bond donors (Lipinski definition) is 0. The summed E-state index contributed by atoms with van der Waals surface area (Å²) in [6.45, 7) is 4.74. The van der Waals surface area contributed by atoms with Gasteiger partial charge in [0, 0.05) is 63.3 Å². The van der Waals surface area contributed by atoms with Crippen molar-refractivity contribution in [1.29, 1.82) is 0 Å². The lowest BCUT2D eigenvalue weighted by molar-refractivity contribution is -0.443. The van der Waals surface area contributed by atoms with E-state index in [0.29, 0.717) is 32.2 Å². The second-order valence-electron chi connectivity index (χ2n) is 8.94. The predicted octanol–water partition coefficient (Wildman–Crippen LogP) is 1.95. The van der Waals surface area contributed by atoms with Crippen LogP contribution in [0.3, 0.4) is 0 Å². The third-order valence-corrected chi connectivity index (χ3v) is 6.23. The predicted molar refractivity (Wildman–Crippen MR) is 125 cm³/mol. The van der Waals surface area contributed by atoms with E-state index in [1.165, 1.54) is 4.90 Å². The van der Waals surface area contributed by atoms with Gasteiger partial charge < -0.3 is 18.9 Å². The lowest BCUT2D eigenvalue weighted by Crippen LogP contribution is -2.75. The number of hydrogen-bond acceptors (Lipinski definition) is 11. The second kappa shape index (κ2) is 12.3. The van der Waals surface area contributed by atoms with Gasteiger partial charge in [-0.15, -0.1) is 0 Å². The Bertz CT molecular complexity index is 886. The molecule has 0 unspecified atom stereocenters. The molecule has 1 fully saturated rings. The second-order valence-corrected chi connectivity index (χ2v) is 8.94. The molecule has 2 spiro atoms. The van der Waals surface area contributed by atoms with Crippen molar-refractivity contribution in [1.82, 2.24) is 9.80 Å². The quantitative estimate of drug-likeness (QED) is 0.318. The number of ether oxygens (including phenoxy) is 4. The number of rotatable bonds is 10. The molecule has 0 saturated carbocycles. The molecular weight excluding hydrogens is 472 g/mol. The van der Waals surface area contributed by atoms with Crippen LogP contribution >= 0.6 is 0 Å². The molecule has 0 atom stereocenters. The Morgan fingerprint density at radius 2 is 1.17 bits per heavy atom. The van der Waals surface area contributed by atoms with Crippen molar-refractivity contribution in [3.8, 4) is 0 Å². The SMILES string of the molecule is CCCCCCN1CCCN(CCC(=O)CCC)C2(OC(=O)C=CC(=O)O2)C12OC(=O)C=CC(=O)O2. The van der Waals surface area contributed by atoms with Crippen LogP contribution in [0.2, 0.25) is 0 Å². The van der Waals surface area contributed by atoms with Crippen LogP contribution in [0.25, 0.3) is 0 Å². The van der Waals surface area contributed by atoms with E-state index in [4.69, 9.17) is 18.9 Å². The van der Waals surface area contributed by atoms with Gasteiger partial charge in [-0.25, -0.2) is 29.0 Å². The van der Waals surface area contributed by atoms with Gasteiger partial charge in [-0.3, -0.25) is 4.79 Å². The molecule has 3 rings (SSSR count). The molecule has 0 aromatic rings. The third kappa shape index (κ3) is 6.01. The number of carbonyl (C=O) groups is 5. The zero-order valence-electron chi connectivity index (χ0n) is 20.9. The normalized spacial score (nSPS) is 21.8. The summed E-state index contributed by atoms with van der Waals surface area (Å²) in [5, 5.41) is 0. The van der Waals surface area contributed by atoms with E-state index in [2.05, 4.69) is 6.92 Å². The number of fused-ring (bicyclic) bond motifs is 1. The van der Waals surface area contributed by atoms with Crippen LogP contribution in [-0.2, 0) is 42.9 Å². The zero-order chi connectivity index (χ0) is 26.2. The molecule has 0 aromatic heterocycles. The van der Waals surface area contributed by atoms with Crippen molar-refractivity contribution < 1.29 is 42.9 Å². The van der Waals surface area contributed by atoms with Crippen molar-refractivity contribution in [3.05, 3.63) is 24.3 Å². The fourth-order valence-electron chi connectivity index (χ4n) is 4.57. The molecule has 0 amide bonds. The molecule has 0 aliphatic carbocycles. The first-order valence-electron chi connectivity index (χ1n) is 12.6. The maximum absolute atomic E-state index is 12.7. The Morgan fingerprint density at radius 1 is 0.694 bits per heavy atom. The van der Waals surface area contributed by atoms with Crippen molar-refractivity contribution >= 4 is 29.7 Å². The summed E-state index contributed by atoms with van der Waals surface area (Å²) in [6.07, 6.45) is 8.58. The first kappa shape index (κ1) is 27.5. The number of esters is 4. The molecule has 3 aliphatic rings. The molecule has 11 heteroatoms. The van der Waals surface area contributed by atoms with E-state index in [9.17, 15) is 24.0 Å². The molecule has 3 heterocycles. The summed E-state index contributed by atoms with van der Waals surface area (Å²) >= 11 is 0. The minimum absolute atomic E-state index is 0.00729. The minimum Gasteiger partial charge on any atom is -0.397 e. The van der Waals surface area contributed by atoms with Crippen molar-refractivity contribution in [2.45, 2.75) is 77.0 Å². The summed E-state index contributed by atoms with van der Waals surface area (Å²) in [7, 11) is 0. The Labute approximate surface area is 210 Å². The standard InChI is InChI=1S/C25H34N2O9/c1-3-5-6-7-15-26-16-8-17-27(18-14-19(28)9-4-2)25(35-22(31)12-13-23(32)36-25)24(26)33-20(29)10-11-21(30)34-24/h10-13H,3-9,14-18H2,1-2H3. The maximum atomic E-state index is 12.7. The molecule has 3 aliphatic heterocycles. The number of Topliss-reactive ketones (excluding diaryl/α,β-unsaturated/α-hetero) is 1. The number of carbonyl (C=O) groups excluding carboxylic acids is 5. The molecule has 0 radical (unpaired) electrons. The van der Waals surface area contributed by atoms with Gasteiger partial charge >= 0.3 is 35.7 Å². The number of nitrogens with zero attached hydrogens (tertiary/aromatic N) is 2. The first-order chi connectivity index (χ1) is 17.3. The highest BCUT2D eigenvalue weighted by Gasteiger charge is 2.73. The monoisotopic (exact) mass is 506 g/mol. The average Bonchev–Trinajstić information content (AvgIpc) is 3.14. The summed E-state index contributed by atoms with van der Waals surface area (Å²) in [6, 6.07) is 0. The third-order valence-electron chi connectivity index (χ3n) is 6.23. The van der Waals surface area contributed by atoms with Gasteiger partial charge in [-0.05, 0) is 19.3 Å². The Morgan fingerprint density at radius 3 is 1.61 bits per heavy atom. The van der Waals surface area contributed by atoms with Crippen LogP contribution in [0, 0.1) is 0 Å². The lowest BCUT2D eigenvalue weighted by atomic mass is 10.1. The molecular formula is C25H34N2O9. The van der Waals surface area contributed by atoms with Gasteiger partial charge in [0.05, 0.1) is 0 Å². The van der Waals surface area contributed by atoms with Gasteiger partial charge in [0.15, 0.2) is 0 Å². The Kier molecular flexibility index (Phi) is 9.38. The molecule has 36 heavy (non-hydrogen) atoms. The Balaban J connectivity index is 2.13. The summed E-state index contributed by atoms with van der Waals surface area (Å²) in [5.74, 6) is -8.74. The van der Waals surface area contributed by atoms with Gasteiger partial charge in [-0.1, -0.05) is 33.1 Å². The molecule has 0 N–H and O–H groups in total. The molecule has 1 saturated heterocycles. The largest absolute Gasteiger partial charge is 0.420 e. The fraction of sp³-hybridized carbons (Fsp3) is 0.640. The summed E-state index contributed by atoms with van der Waals surface area (Å²) in [4.78, 5) is 66.3. The molecule has 198 valence electrons. The first-order valence-corrected chi connectivity index (χ1v) is 12.6. The van der Waals surface area contributed by atoms with Gasteiger partial charge in [0.25, 0.3) is 0 Å². The summed E-state index contributed by atoms with van der Waals surface area (Å²) < 4.78 is 22.9. The van der Waals surface area contributed by atoms with Crippen LogP contribution in [0.4, 0.5) is 0 Å². The smallest absolute Gasteiger partial charge is 0.397 e. The van der Waals surface area contributed by atoms with Crippen LogP contribution in [0.15, 0.2) is 24.3 Å². The van der Waals surface area contributed by atoms with Crippen LogP contribution in [0.1, 0.15) is 65.2 Å². The highest BCUT2D eigenvalue weighted by atomic mass is 16.8. The topological polar surface area (TPSA) is 129 Å². The van der Waals surface area contributed by atoms with E-state index in [1.54, 1.807) is 4.90 Å². The van der Waals surface area contributed by atoms with E-state index < -0.39 is 35.7 Å². The molecule has 0 bridgehead atoms. The van der Waals surface area contributed by atoms with E-state index >= 15 is 0 Å². The minimum atomic E-state index is -2.48. The van der Waals surface area contributed by atoms with Crippen molar-refractivity contribution in [2.24, 2.45) is 0 Å². The average molecular weight is 507 g/mol. The van der Waals surface area contributed by atoms with Gasteiger partial charge in [0.2, 0.25) is 0 Å². The van der Waals surface area contributed by atoms with Crippen molar-refractivity contribution in [3.63, 3.8) is 0 Å². The van der Waals surface area contributed by atoms with Crippen LogP contribution in [0.5, 0.6) is 0 Å².